The highest BCUT2D eigenvalue weighted by atomic mass is 16.5. The molecule has 2 aliphatic heterocycles. The van der Waals surface area contributed by atoms with Crippen molar-refractivity contribution >= 4 is 11.7 Å². The second-order valence-corrected chi connectivity index (χ2v) is 7.38. The number of rotatable bonds is 2. The van der Waals surface area contributed by atoms with Crippen molar-refractivity contribution in [3.8, 4) is 0 Å². The van der Waals surface area contributed by atoms with Gasteiger partial charge in [-0.05, 0) is 38.0 Å². The minimum Gasteiger partial charge on any atom is -0.469 e. The molecule has 0 N–H and O–H groups in total. The molecular weight excluding hydrogens is 330 g/mol. The third kappa shape index (κ3) is 3.33. The molecule has 0 bridgehead atoms. The van der Waals surface area contributed by atoms with E-state index in [2.05, 4.69) is 9.88 Å². The lowest BCUT2D eigenvalue weighted by atomic mass is 9.80. The number of carbonyl (C=O) groups excluding carboxylic acids is 1. The smallest absolute Gasteiger partial charge is 0.257 e. The van der Waals surface area contributed by atoms with Crippen LogP contribution in [0, 0.1) is 12.3 Å². The standard InChI is InChI=1S/C20H25N3O3/c1-16-17(6-11-26-16)19(24)23-9-4-7-20(14-23)13-22(10-12-25-15-20)18-5-2-3-8-21-18/h2-3,5-6,8,11H,4,7,9-10,12-15H2,1H3. The van der Waals surface area contributed by atoms with Crippen molar-refractivity contribution in [2.45, 2.75) is 19.8 Å². The first-order valence-corrected chi connectivity index (χ1v) is 9.24. The summed E-state index contributed by atoms with van der Waals surface area (Å²) in [5.41, 5.74) is 0.609. The first-order valence-electron chi connectivity index (χ1n) is 9.24. The fourth-order valence-corrected chi connectivity index (χ4v) is 4.13. The van der Waals surface area contributed by atoms with Gasteiger partial charge in [0.05, 0.1) is 25.0 Å². The molecule has 1 spiro atoms. The summed E-state index contributed by atoms with van der Waals surface area (Å²) < 4.78 is 11.3. The Balaban J connectivity index is 1.54. The summed E-state index contributed by atoms with van der Waals surface area (Å²) in [6.45, 7) is 6.39. The van der Waals surface area contributed by atoms with Crippen LogP contribution in [0.5, 0.6) is 0 Å². The van der Waals surface area contributed by atoms with Crippen molar-refractivity contribution in [1.82, 2.24) is 9.88 Å². The molecule has 1 unspecified atom stereocenters. The van der Waals surface area contributed by atoms with Gasteiger partial charge in [0.25, 0.3) is 5.91 Å². The SMILES string of the molecule is Cc1occc1C(=O)N1CCCC2(COCCN(c3ccccn3)C2)C1. The summed E-state index contributed by atoms with van der Waals surface area (Å²) in [5.74, 6) is 1.72. The monoisotopic (exact) mass is 355 g/mol. The van der Waals surface area contributed by atoms with E-state index in [1.54, 1.807) is 12.3 Å². The Morgan fingerprint density at radius 3 is 2.92 bits per heavy atom. The van der Waals surface area contributed by atoms with E-state index < -0.39 is 0 Å². The first-order chi connectivity index (χ1) is 12.7. The van der Waals surface area contributed by atoms with E-state index >= 15 is 0 Å². The van der Waals surface area contributed by atoms with Gasteiger partial charge in [0.2, 0.25) is 0 Å². The molecule has 2 aromatic heterocycles. The third-order valence-electron chi connectivity index (χ3n) is 5.45. The minimum absolute atomic E-state index is 0.0560. The molecule has 0 radical (unpaired) electrons. The molecule has 6 nitrogen and oxygen atoms in total. The van der Waals surface area contributed by atoms with Gasteiger partial charge in [-0.15, -0.1) is 0 Å². The number of anilines is 1. The summed E-state index contributed by atoms with van der Waals surface area (Å²) in [7, 11) is 0. The highest BCUT2D eigenvalue weighted by Crippen LogP contribution is 2.35. The zero-order chi connectivity index (χ0) is 18.0. The summed E-state index contributed by atoms with van der Waals surface area (Å²) in [5, 5.41) is 0. The average molecular weight is 355 g/mol. The highest BCUT2D eigenvalue weighted by molar-refractivity contribution is 5.95. The Morgan fingerprint density at radius 2 is 2.15 bits per heavy atom. The van der Waals surface area contributed by atoms with Gasteiger partial charge in [-0.1, -0.05) is 6.07 Å². The molecule has 1 amide bonds. The van der Waals surface area contributed by atoms with E-state index in [4.69, 9.17) is 9.15 Å². The number of amides is 1. The summed E-state index contributed by atoms with van der Waals surface area (Å²) >= 11 is 0. The topological polar surface area (TPSA) is 58.8 Å². The van der Waals surface area contributed by atoms with Crippen LogP contribution in [0.15, 0.2) is 41.1 Å². The number of aryl methyl sites for hydroxylation is 1. The largest absolute Gasteiger partial charge is 0.469 e. The number of ether oxygens (including phenoxy) is 1. The van der Waals surface area contributed by atoms with Crippen molar-refractivity contribution in [3.63, 3.8) is 0 Å². The molecule has 4 rings (SSSR count). The number of likely N-dealkylation sites (tertiary alicyclic amines) is 1. The highest BCUT2D eigenvalue weighted by Gasteiger charge is 2.41. The van der Waals surface area contributed by atoms with Crippen LogP contribution in [0.4, 0.5) is 5.82 Å². The van der Waals surface area contributed by atoms with Crippen LogP contribution in [-0.4, -0.2) is 55.2 Å². The van der Waals surface area contributed by atoms with Crippen LogP contribution in [0.25, 0.3) is 0 Å². The second-order valence-electron chi connectivity index (χ2n) is 7.38. The number of carbonyl (C=O) groups is 1. The number of pyridine rings is 1. The number of aromatic nitrogens is 1. The van der Waals surface area contributed by atoms with Gasteiger partial charge in [-0.2, -0.15) is 0 Å². The van der Waals surface area contributed by atoms with Gasteiger partial charge in [0, 0.05) is 37.8 Å². The molecule has 2 aromatic rings. The van der Waals surface area contributed by atoms with E-state index in [1.165, 1.54) is 0 Å². The molecule has 2 aliphatic rings. The zero-order valence-corrected chi connectivity index (χ0v) is 15.2. The Hall–Kier alpha value is -2.34. The van der Waals surface area contributed by atoms with Crippen molar-refractivity contribution < 1.29 is 13.9 Å². The molecule has 0 aromatic carbocycles. The Kier molecular flexibility index (Phi) is 4.68. The predicted molar refractivity (Wildman–Crippen MR) is 98.3 cm³/mol. The maximum atomic E-state index is 12.9. The Labute approximate surface area is 153 Å². The number of nitrogens with zero attached hydrogens (tertiary/aromatic N) is 3. The number of hydrogen-bond acceptors (Lipinski definition) is 5. The van der Waals surface area contributed by atoms with Gasteiger partial charge >= 0.3 is 0 Å². The van der Waals surface area contributed by atoms with Crippen molar-refractivity contribution in [3.05, 3.63) is 48.0 Å². The summed E-state index contributed by atoms with van der Waals surface area (Å²) in [4.78, 5) is 21.7. The molecule has 2 fully saturated rings. The van der Waals surface area contributed by atoms with E-state index in [0.29, 0.717) is 31.1 Å². The van der Waals surface area contributed by atoms with Crippen LogP contribution in [-0.2, 0) is 4.74 Å². The van der Waals surface area contributed by atoms with Gasteiger partial charge in [-0.3, -0.25) is 4.79 Å². The number of hydrogen-bond donors (Lipinski definition) is 0. The number of piperidine rings is 1. The van der Waals surface area contributed by atoms with Crippen LogP contribution in [0.3, 0.4) is 0 Å². The van der Waals surface area contributed by atoms with Crippen LogP contribution >= 0.6 is 0 Å². The van der Waals surface area contributed by atoms with Crippen molar-refractivity contribution in [1.29, 1.82) is 0 Å². The normalized spacial score (nSPS) is 23.9. The molecule has 4 heterocycles. The predicted octanol–water partition coefficient (Wildman–Crippen LogP) is 2.74. The first kappa shape index (κ1) is 17.1. The molecule has 138 valence electrons. The van der Waals surface area contributed by atoms with E-state index in [9.17, 15) is 4.79 Å². The van der Waals surface area contributed by atoms with Gasteiger partial charge < -0.3 is 19.0 Å². The molecule has 26 heavy (non-hydrogen) atoms. The molecule has 1 atom stereocenters. The van der Waals surface area contributed by atoms with Gasteiger partial charge in [0.15, 0.2) is 0 Å². The Morgan fingerprint density at radius 1 is 1.23 bits per heavy atom. The van der Waals surface area contributed by atoms with Crippen molar-refractivity contribution in [2.75, 3.05) is 44.3 Å². The van der Waals surface area contributed by atoms with Gasteiger partial charge in [-0.25, -0.2) is 4.98 Å². The summed E-state index contributed by atoms with van der Waals surface area (Å²) in [6, 6.07) is 7.75. The molecular formula is C20H25N3O3. The molecule has 2 saturated heterocycles. The zero-order valence-electron chi connectivity index (χ0n) is 15.2. The van der Waals surface area contributed by atoms with Gasteiger partial charge in [0.1, 0.15) is 11.6 Å². The fraction of sp³-hybridized carbons (Fsp3) is 0.500. The molecule has 0 saturated carbocycles. The minimum atomic E-state index is -0.0560. The third-order valence-corrected chi connectivity index (χ3v) is 5.45. The maximum absolute atomic E-state index is 12.9. The van der Waals surface area contributed by atoms with Crippen molar-refractivity contribution in [2.24, 2.45) is 5.41 Å². The van der Waals surface area contributed by atoms with E-state index in [1.807, 2.05) is 36.2 Å². The lowest BCUT2D eigenvalue weighted by Gasteiger charge is -2.43. The second kappa shape index (κ2) is 7.11. The molecule has 6 heteroatoms. The summed E-state index contributed by atoms with van der Waals surface area (Å²) in [6.07, 6.45) is 5.46. The molecule has 0 aliphatic carbocycles. The quantitative estimate of drug-likeness (QED) is 0.829. The van der Waals surface area contributed by atoms with Crippen LogP contribution in [0.1, 0.15) is 29.0 Å². The lowest BCUT2D eigenvalue weighted by Crippen LogP contribution is -2.52. The van der Waals surface area contributed by atoms with Crippen LogP contribution in [0.2, 0.25) is 0 Å². The maximum Gasteiger partial charge on any atom is 0.257 e. The lowest BCUT2D eigenvalue weighted by molar-refractivity contribution is 0.0134. The van der Waals surface area contributed by atoms with Crippen LogP contribution < -0.4 is 4.90 Å². The average Bonchev–Trinajstić information content (AvgIpc) is 3.00. The van der Waals surface area contributed by atoms with E-state index in [0.717, 1.165) is 38.3 Å². The number of furan rings is 1. The fourth-order valence-electron chi connectivity index (χ4n) is 4.13. The van der Waals surface area contributed by atoms with E-state index in [-0.39, 0.29) is 11.3 Å². The Bertz CT molecular complexity index is 761.